The Kier molecular flexibility index (Phi) is 2.79. The Balaban J connectivity index is 2.40. The molecule has 0 saturated carbocycles. The predicted octanol–water partition coefficient (Wildman–Crippen LogP) is 4.34. The maximum atomic E-state index is 14.0. The van der Waals surface area contributed by atoms with Crippen LogP contribution in [0.2, 0.25) is 5.15 Å². The standard InChI is InChI=1S/C15H12ClFN2/c1-9-11-7-14(16)18-8-13(11)19(2)15(9)10-5-3-4-6-12(10)17/h3-8H,1-2H3. The van der Waals surface area contributed by atoms with Crippen molar-refractivity contribution < 1.29 is 4.39 Å². The summed E-state index contributed by atoms with van der Waals surface area (Å²) in [4.78, 5) is 4.09. The third-order valence-electron chi connectivity index (χ3n) is 3.43. The normalized spacial score (nSPS) is 11.2. The van der Waals surface area contributed by atoms with E-state index in [1.54, 1.807) is 18.3 Å². The number of aromatic nitrogens is 2. The zero-order chi connectivity index (χ0) is 13.6. The molecule has 0 radical (unpaired) electrons. The van der Waals surface area contributed by atoms with Crippen LogP contribution >= 0.6 is 11.6 Å². The van der Waals surface area contributed by atoms with Gasteiger partial charge in [-0.1, -0.05) is 23.7 Å². The van der Waals surface area contributed by atoms with Gasteiger partial charge in [-0.3, -0.25) is 0 Å². The van der Waals surface area contributed by atoms with E-state index in [9.17, 15) is 4.39 Å². The number of hydrogen-bond donors (Lipinski definition) is 0. The molecule has 0 amide bonds. The molecule has 0 spiro atoms. The number of hydrogen-bond acceptors (Lipinski definition) is 1. The van der Waals surface area contributed by atoms with Gasteiger partial charge in [-0.05, 0) is 30.7 Å². The Morgan fingerprint density at radius 2 is 2.00 bits per heavy atom. The van der Waals surface area contributed by atoms with Crippen LogP contribution in [0.5, 0.6) is 0 Å². The number of rotatable bonds is 1. The van der Waals surface area contributed by atoms with E-state index >= 15 is 0 Å². The third-order valence-corrected chi connectivity index (χ3v) is 3.64. The molecule has 0 saturated heterocycles. The molecule has 0 N–H and O–H groups in total. The zero-order valence-electron chi connectivity index (χ0n) is 10.6. The summed E-state index contributed by atoms with van der Waals surface area (Å²) in [5.74, 6) is -0.226. The maximum Gasteiger partial charge on any atom is 0.132 e. The Morgan fingerprint density at radius 1 is 1.26 bits per heavy atom. The minimum Gasteiger partial charge on any atom is -0.342 e. The van der Waals surface area contributed by atoms with E-state index in [-0.39, 0.29) is 5.82 Å². The molecule has 3 aromatic rings. The second kappa shape index (κ2) is 4.35. The van der Waals surface area contributed by atoms with Crippen LogP contribution in [0.4, 0.5) is 4.39 Å². The first kappa shape index (κ1) is 12.2. The average molecular weight is 275 g/mol. The minimum atomic E-state index is -0.226. The van der Waals surface area contributed by atoms with Crippen LogP contribution in [0.25, 0.3) is 22.2 Å². The Labute approximate surface area is 115 Å². The highest BCUT2D eigenvalue weighted by molar-refractivity contribution is 6.30. The zero-order valence-corrected chi connectivity index (χ0v) is 11.4. The summed E-state index contributed by atoms with van der Waals surface area (Å²) in [6.45, 7) is 1.97. The van der Waals surface area contributed by atoms with Gasteiger partial charge in [0.15, 0.2) is 0 Å². The molecule has 0 aliphatic carbocycles. The van der Waals surface area contributed by atoms with Crippen molar-refractivity contribution in [2.75, 3.05) is 0 Å². The fourth-order valence-electron chi connectivity index (χ4n) is 2.53. The highest BCUT2D eigenvalue weighted by Crippen LogP contribution is 2.34. The highest BCUT2D eigenvalue weighted by Gasteiger charge is 2.16. The SMILES string of the molecule is Cc1c(-c2ccccc2F)n(C)c2cnc(Cl)cc12. The first-order valence-corrected chi connectivity index (χ1v) is 6.33. The largest absolute Gasteiger partial charge is 0.342 e. The summed E-state index contributed by atoms with van der Waals surface area (Å²) in [6, 6.07) is 8.59. The molecular formula is C15H12ClFN2. The van der Waals surface area contributed by atoms with Crippen LogP contribution in [0.3, 0.4) is 0 Å². The quantitative estimate of drug-likeness (QED) is 0.604. The molecule has 0 unspecified atom stereocenters. The van der Waals surface area contributed by atoms with E-state index in [2.05, 4.69) is 4.98 Å². The van der Waals surface area contributed by atoms with E-state index in [0.29, 0.717) is 10.7 Å². The summed E-state index contributed by atoms with van der Waals surface area (Å²) >= 11 is 5.94. The summed E-state index contributed by atoms with van der Waals surface area (Å²) in [6.07, 6.45) is 1.72. The van der Waals surface area contributed by atoms with E-state index < -0.39 is 0 Å². The van der Waals surface area contributed by atoms with Gasteiger partial charge >= 0.3 is 0 Å². The predicted molar refractivity (Wildman–Crippen MR) is 75.9 cm³/mol. The van der Waals surface area contributed by atoms with Gasteiger partial charge in [0.1, 0.15) is 11.0 Å². The summed E-state index contributed by atoms with van der Waals surface area (Å²) in [5, 5.41) is 1.45. The van der Waals surface area contributed by atoms with Crippen molar-refractivity contribution >= 4 is 22.5 Å². The number of aryl methyl sites for hydroxylation is 2. The van der Waals surface area contributed by atoms with Gasteiger partial charge in [0.2, 0.25) is 0 Å². The van der Waals surface area contributed by atoms with Crippen molar-refractivity contribution in [1.29, 1.82) is 0 Å². The lowest BCUT2D eigenvalue weighted by atomic mass is 10.1. The number of pyridine rings is 1. The van der Waals surface area contributed by atoms with Crippen LogP contribution < -0.4 is 0 Å². The van der Waals surface area contributed by atoms with Crippen molar-refractivity contribution in [2.45, 2.75) is 6.92 Å². The topological polar surface area (TPSA) is 17.8 Å². The number of fused-ring (bicyclic) bond motifs is 1. The van der Waals surface area contributed by atoms with Gasteiger partial charge in [-0.2, -0.15) is 0 Å². The lowest BCUT2D eigenvalue weighted by Crippen LogP contribution is -1.94. The maximum absolute atomic E-state index is 14.0. The molecule has 4 heteroatoms. The first-order valence-electron chi connectivity index (χ1n) is 5.95. The first-order chi connectivity index (χ1) is 9.09. The van der Waals surface area contributed by atoms with E-state index in [1.165, 1.54) is 6.07 Å². The Bertz CT molecular complexity index is 777. The monoisotopic (exact) mass is 274 g/mol. The number of benzene rings is 1. The smallest absolute Gasteiger partial charge is 0.132 e. The molecule has 96 valence electrons. The van der Waals surface area contributed by atoms with Crippen LogP contribution in [0, 0.1) is 12.7 Å². The van der Waals surface area contributed by atoms with Crippen molar-refractivity contribution in [3.63, 3.8) is 0 Å². The molecule has 0 atom stereocenters. The average Bonchev–Trinajstić information content (AvgIpc) is 2.63. The van der Waals surface area contributed by atoms with Crippen molar-refractivity contribution in [3.05, 3.63) is 53.1 Å². The van der Waals surface area contributed by atoms with Crippen molar-refractivity contribution in [2.24, 2.45) is 7.05 Å². The van der Waals surface area contributed by atoms with E-state index in [4.69, 9.17) is 11.6 Å². The van der Waals surface area contributed by atoms with Gasteiger partial charge in [-0.25, -0.2) is 9.37 Å². The van der Waals surface area contributed by atoms with Gasteiger partial charge in [0.25, 0.3) is 0 Å². The second-order valence-electron chi connectivity index (χ2n) is 4.54. The molecule has 0 bridgehead atoms. The van der Waals surface area contributed by atoms with Crippen LogP contribution in [-0.2, 0) is 7.05 Å². The molecular weight excluding hydrogens is 263 g/mol. The fraction of sp³-hybridized carbons (Fsp3) is 0.133. The van der Waals surface area contributed by atoms with Gasteiger partial charge < -0.3 is 4.57 Å². The van der Waals surface area contributed by atoms with Crippen LogP contribution in [-0.4, -0.2) is 9.55 Å². The molecule has 2 aromatic heterocycles. The number of halogens is 2. The van der Waals surface area contributed by atoms with Gasteiger partial charge in [-0.15, -0.1) is 0 Å². The van der Waals surface area contributed by atoms with Gasteiger partial charge in [0, 0.05) is 18.0 Å². The fourth-order valence-corrected chi connectivity index (χ4v) is 2.68. The minimum absolute atomic E-state index is 0.226. The Morgan fingerprint density at radius 3 is 2.74 bits per heavy atom. The molecule has 2 nitrogen and oxygen atoms in total. The third kappa shape index (κ3) is 1.81. The number of nitrogens with zero attached hydrogens (tertiary/aromatic N) is 2. The second-order valence-corrected chi connectivity index (χ2v) is 4.92. The van der Waals surface area contributed by atoms with Crippen LogP contribution in [0.1, 0.15) is 5.56 Å². The molecule has 3 rings (SSSR count). The molecule has 19 heavy (non-hydrogen) atoms. The lowest BCUT2D eigenvalue weighted by Gasteiger charge is -2.07. The molecule has 0 aliphatic heterocycles. The summed E-state index contributed by atoms with van der Waals surface area (Å²) < 4.78 is 15.9. The van der Waals surface area contributed by atoms with Crippen molar-refractivity contribution in [1.82, 2.24) is 9.55 Å². The molecule has 1 aromatic carbocycles. The van der Waals surface area contributed by atoms with Crippen molar-refractivity contribution in [3.8, 4) is 11.3 Å². The molecule has 0 aliphatic rings. The van der Waals surface area contributed by atoms with Crippen LogP contribution in [0.15, 0.2) is 36.5 Å². The summed E-state index contributed by atoms with van der Waals surface area (Å²) in [7, 11) is 1.91. The van der Waals surface area contributed by atoms with E-state index in [0.717, 1.165) is 22.2 Å². The molecule has 0 fully saturated rings. The summed E-state index contributed by atoms with van der Waals surface area (Å²) in [5.41, 5.74) is 3.40. The lowest BCUT2D eigenvalue weighted by molar-refractivity contribution is 0.629. The van der Waals surface area contributed by atoms with E-state index in [1.807, 2.05) is 30.7 Å². The Hall–Kier alpha value is -1.87. The van der Waals surface area contributed by atoms with Gasteiger partial charge in [0.05, 0.1) is 17.4 Å². The molecule has 2 heterocycles. The highest BCUT2D eigenvalue weighted by atomic mass is 35.5.